The summed E-state index contributed by atoms with van der Waals surface area (Å²) in [5.41, 5.74) is 1.01. The smallest absolute Gasteiger partial charge is 0.139 e. The van der Waals surface area contributed by atoms with Crippen molar-refractivity contribution in [3.05, 3.63) is 35.9 Å². The number of Topliss-reactive ketones (excluding diaryl/α,β-unsaturated/α-hetero) is 1. The summed E-state index contributed by atoms with van der Waals surface area (Å²) in [6.07, 6.45) is 2.68. The Bertz CT molecular complexity index is 338. The molecule has 0 spiro atoms. The molecule has 88 valence electrons. The van der Waals surface area contributed by atoms with Gasteiger partial charge in [0.15, 0.2) is 0 Å². The minimum atomic E-state index is -0.233. The van der Waals surface area contributed by atoms with Crippen LogP contribution >= 0.6 is 11.8 Å². The Balaban J connectivity index is 2.75. The average molecular weight is 236 g/mol. The molecule has 1 nitrogen and oxygen atoms in total. The monoisotopic (exact) mass is 236 g/mol. The second-order valence-electron chi connectivity index (χ2n) is 5.01. The van der Waals surface area contributed by atoms with Crippen LogP contribution in [0, 0.1) is 5.41 Å². The lowest BCUT2D eigenvalue weighted by Gasteiger charge is -2.21. The van der Waals surface area contributed by atoms with E-state index < -0.39 is 0 Å². The van der Waals surface area contributed by atoms with Gasteiger partial charge in [-0.2, -0.15) is 11.8 Å². The molecule has 0 radical (unpaired) electrons. The third-order valence-corrected chi connectivity index (χ3v) is 3.67. The molecule has 16 heavy (non-hydrogen) atoms. The van der Waals surface area contributed by atoms with Crippen molar-refractivity contribution >= 4 is 17.5 Å². The highest BCUT2D eigenvalue weighted by Gasteiger charge is 2.24. The predicted molar refractivity (Wildman–Crippen MR) is 71.8 cm³/mol. The normalized spacial score (nSPS) is 13.5. The number of thioether (sulfide) groups is 1. The Morgan fingerprint density at radius 2 is 1.81 bits per heavy atom. The van der Waals surface area contributed by atoms with Gasteiger partial charge in [0.1, 0.15) is 5.78 Å². The average Bonchev–Trinajstić information content (AvgIpc) is 2.25. The van der Waals surface area contributed by atoms with E-state index in [1.165, 1.54) is 5.56 Å². The fourth-order valence-corrected chi connectivity index (χ4v) is 2.23. The summed E-state index contributed by atoms with van der Waals surface area (Å²) < 4.78 is 0. The van der Waals surface area contributed by atoms with Crippen molar-refractivity contribution in [2.24, 2.45) is 5.41 Å². The second-order valence-corrected chi connectivity index (χ2v) is 6.05. The highest BCUT2D eigenvalue weighted by Crippen LogP contribution is 2.33. The van der Waals surface area contributed by atoms with Crippen LogP contribution in [-0.4, -0.2) is 12.0 Å². The quantitative estimate of drug-likeness (QED) is 0.783. The molecule has 1 aromatic carbocycles. The van der Waals surface area contributed by atoms with Crippen LogP contribution in [0.4, 0.5) is 0 Å². The van der Waals surface area contributed by atoms with E-state index in [1.54, 1.807) is 11.8 Å². The first-order valence-corrected chi connectivity index (χ1v) is 6.85. The highest BCUT2D eigenvalue weighted by atomic mass is 32.2. The van der Waals surface area contributed by atoms with E-state index in [-0.39, 0.29) is 10.7 Å². The molecule has 1 aromatic rings. The van der Waals surface area contributed by atoms with Crippen LogP contribution in [0.15, 0.2) is 30.3 Å². The topological polar surface area (TPSA) is 17.1 Å². The molecule has 0 N–H and O–H groups in total. The van der Waals surface area contributed by atoms with Gasteiger partial charge in [0, 0.05) is 17.1 Å². The van der Waals surface area contributed by atoms with E-state index in [1.807, 2.05) is 39.0 Å². The van der Waals surface area contributed by atoms with Crippen molar-refractivity contribution in [1.82, 2.24) is 0 Å². The first kappa shape index (κ1) is 13.3. The van der Waals surface area contributed by atoms with Gasteiger partial charge < -0.3 is 0 Å². The van der Waals surface area contributed by atoms with Gasteiger partial charge in [0.2, 0.25) is 0 Å². The van der Waals surface area contributed by atoms with Crippen LogP contribution in [0.25, 0.3) is 0 Å². The van der Waals surface area contributed by atoms with Crippen LogP contribution in [-0.2, 0) is 4.79 Å². The minimum Gasteiger partial charge on any atom is -0.299 e. The van der Waals surface area contributed by atoms with Gasteiger partial charge in [-0.15, -0.1) is 0 Å². The van der Waals surface area contributed by atoms with E-state index in [2.05, 4.69) is 18.4 Å². The summed E-state index contributed by atoms with van der Waals surface area (Å²) >= 11 is 1.75. The van der Waals surface area contributed by atoms with Crippen molar-refractivity contribution in [2.45, 2.75) is 32.4 Å². The van der Waals surface area contributed by atoms with Gasteiger partial charge in [0.05, 0.1) is 0 Å². The fraction of sp³-hybridized carbons (Fsp3) is 0.500. The lowest BCUT2D eigenvalue weighted by Crippen LogP contribution is -2.21. The van der Waals surface area contributed by atoms with Gasteiger partial charge in [-0.25, -0.2) is 0 Å². The van der Waals surface area contributed by atoms with Crippen molar-refractivity contribution in [3.8, 4) is 0 Å². The third-order valence-electron chi connectivity index (χ3n) is 2.66. The number of hydrogen-bond acceptors (Lipinski definition) is 2. The third kappa shape index (κ3) is 3.67. The van der Waals surface area contributed by atoms with Gasteiger partial charge in [-0.3, -0.25) is 4.79 Å². The van der Waals surface area contributed by atoms with Crippen LogP contribution in [0.3, 0.4) is 0 Å². The summed E-state index contributed by atoms with van der Waals surface area (Å²) in [6.45, 7) is 5.95. The lowest BCUT2D eigenvalue weighted by molar-refractivity contribution is -0.126. The van der Waals surface area contributed by atoms with Crippen molar-refractivity contribution in [2.75, 3.05) is 6.26 Å². The molecule has 1 unspecified atom stereocenters. The zero-order chi connectivity index (χ0) is 12.2. The van der Waals surface area contributed by atoms with Crippen molar-refractivity contribution in [1.29, 1.82) is 0 Å². The Morgan fingerprint density at radius 3 is 2.25 bits per heavy atom. The molecule has 0 aromatic heterocycles. The van der Waals surface area contributed by atoms with Crippen LogP contribution in [0.5, 0.6) is 0 Å². The van der Waals surface area contributed by atoms with E-state index in [0.29, 0.717) is 12.2 Å². The summed E-state index contributed by atoms with van der Waals surface area (Å²) in [5.74, 6) is 0.329. The molecule has 1 rings (SSSR count). The molecule has 1 atom stereocenters. The van der Waals surface area contributed by atoms with E-state index >= 15 is 0 Å². The number of carbonyl (C=O) groups excluding carboxylic acids is 1. The largest absolute Gasteiger partial charge is 0.299 e. The molecule has 0 heterocycles. The zero-order valence-corrected chi connectivity index (χ0v) is 11.3. The SMILES string of the molecule is CSC(CC(=O)C(C)(C)C)c1ccccc1. The Morgan fingerprint density at radius 1 is 1.25 bits per heavy atom. The van der Waals surface area contributed by atoms with Gasteiger partial charge in [0.25, 0.3) is 0 Å². The summed E-state index contributed by atoms with van der Waals surface area (Å²) in [4.78, 5) is 12.0. The van der Waals surface area contributed by atoms with Gasteiger partial charge in [-0.1, -0.05) is 51.1 Å². The number of ketones is 1. The molecule has 0 aliphatic heterocycles. The second kappa shape index (κ2) is 5.53. The first-order valence-electron chi connectivity index (χ1n) is 5.56. The molecule has 0 fully saturated rings. The first-order chi connectivity index (χ1) is 7.45. The van der Waals surface area contributed by atoms with E-state index in [0.717, 1.165) is 0 Å². The number of benzene rings is 1. The van der Waals surface area contributed by atoms with Crippen molar-refractivity contribution < 1.29 is 4.79 Å². The fourth-order valence-electron chi connectivity index (χ4n) is 1.48. The molecular weight excluding hydrogens is 216 g/mol. The molecule has 0 bridgehead atoms. The molecule has 0 aliphatic rings. The summed E-state index contributed by atoms with van der Waals surface area (Å²) in [5, 5.41) is 0.285. The van der Waals surface area contributed by atoms with Gasteiger partial charge >= 0.3 is 0 Å². The number of rotatable bonds is 4. The lowest BCUT2D eigenvalue weighted by atomic mass is 9.87. The Labute approximate surface area is 103 Å². The van der Waals surface area contributed by atoms with Crippen LogP contribution in [0.2, 0.25) is 0 Å². The molecule has 0 saturated heterocycles. The van der Waals surface area contributed by atoms with E-state index in [4.69, 9.17) is 0 Å². The maximum absolute atomic E-state index is 12.0. The maximum atomic E-state index is 12.0. The molecule has 0 saturated carbocycles. The van der Waals surface area contributed by atoms with Crippen molar-refractivity contribution in [3.63, 3.8) is 0 Å². The molecule has 0 amide bonds. The Hall–Kier alpha value is -0.760. The maximum Gasteiger partial charge on any atom is 0.139 e. The van der Waals surface area contributed by atoms with Crippen LogP contribution in [0.1, 0.15) is 38.0 Å². The van der Waals surface area contributed by atoms with E-state index in [9.17, 15) is 4.79 Å². The summed E-state index contributed by atoms with van der Waals surface area (Å²) in [7, 11) is 0. The minimum absolute atomic E-state index is 0.233. The summed E-state index contributed by atoms with van der Waals surface area (Å²) in [6, 6.07) is 10.3. The number of carbonyl (C=O) groups is 1. The molecule has 2 heteroatoms. The Kier molecular flexibility index (Phi) is 4.60. The molecular formula is C14H20OS. The van der Waals surface area contributed by atoms with Gasteiger partial charge in [-0.05, 0) is 11.8 Å². The molecule has 0 aliphatic carbocycles. The number of hydrogen-bond donors (Lipinski definition) is 0. The van der Waals surface area contributed by atoms with Crippen LogP contribution < -0.4 is 0 Å². The standard InChI is InChI=1S/C14H20OS/c1-14(2,3)13(15)10-12(16-4)11-8-6-5-7-9-11/h5-9,12H,10H2,1-4H3. The predicted octanol–water partition coefficient (Wildman–Crippen LogP) is 4.10. The highest BCUT2D eigenvalue weighted by molar-refractivity contribution is 7.98. The zero-order valence-electron chi connectivity index (χ0n) is 10.5.